The summed E-state index contributed by atoms with van der Waals surface area (Å²) in [6, 6.07) is 24.0. The van der Waals surface area contributed by atoms with E-state index in [4.69, 9.17) is 0 Å². The molecule has 4 aliphatic heterocycles. The third-order valence-electron chi connectivity index (χ3n) is 22.3. The SMILES string of the molecule is Cc1cc(C)nc(-c2cnn(C)c2C(=O)Cc2ccn3nc(N4CC[C@H](F)C4)nc3c2)c1.Cc1cccc(-c2cnn(C)c2C(=O)Cc2ccn3nc(N4CC[C@H](F)C4)nc3c2)n1.Cc1sc(-c2cnn(C)c2C(=O)Cc2ccn3nc(N4CC[C@H](F)C4)nc3c2)nc1C(F)F.Cn1ncc(-c2nc(C(F)(F)F)cs2)c1C(=O)Cc1ccn2nc(N3CC[C@H](F)C3)nc2c1. The molecule has 0 saturated carbocycles. The Labute approximate surface area is 736 Å². The number of Topliss-reactive ketones (excluding diaryl/α,β-unsaturated/α-hetero) is 4. The summed E-state index contributed by atoms with van der Waals surface area (Å²) >= 11 is 1.92. The van der Waals surface area contributed by atoms with Crippen molar-refractivity contribution in [3.63, 3.8) is 0 Å². The molecule has 16 aromatic rings. The minimum absolute atomic E-state index is 0.0149. The monoisotopic (exact) mass is 1810 g/mol. The number of fused-ring (bicyclic) bond motifs is 4. The number of halogens is 9. The molecule has 0 bridgehead atoms. The van der Waals surface area contributed by atoms with Crippen molar-refractivity contribution >= 4 is 92.2 Å². The quantitative estimate of drug-likeness (QED) is 0.0476. The van der Waals surface area contributed by atoms with Crippen LogP contribution in [0.1, 0.15) is 130 Å². The van der Waals surface area contributed by atoms with E-state index < -0.39 is 43.0 Å². The van der Waals surface area contributed by atoms with Gasteiger partial charge in [0.2, 0.25) is 23.8 Å². The molecule has 20 rings (SSSR count). The van der Waals surface area contributed by atoms with Gasteiger partial charge in [0.25, 0.3) is 6.43 Å². The van der Waals surface area contributed by atoms with Gasteiger partial charge in [0, 0.05) is 138 Å². The predicted molar refractivity (Wildman–Crippen MR) is 461 cm³/mol. The van der Waals surface area contributed by atoms with Gasteiger partial charge in [0.05, 0.1) is 73.5 Å². The molecule has 0 unspecified atom stereocenters. The third-order valence-corrected chi connectivity index (χ3v) is 24.2. The molecule has 666 valence electrons. The number of carbonyl (C=O) groups is 4. The molecule has 0 radical (unpaired) electrons. The summed E-state index contributed by atoms with van der Waals surface area (Å²) in [5.41, 5.74) is 12.1. The average molecular weight is 1810 g/mol. The van der Waals surface area contributed by atoms with Crippen molar-refractivity contribution in [2.45, 2.75) is 116 Å². The molecule has 0 aliphatic carbocycles. The number of aryl methyl sites for hydroxylation is 8. The molecule has 0 aromatic carbocycles. The van der Waals surface area contributed by atoms with Crippen molar-refractivity contribution in [1.29, 1.82) is 0 Å². The second-order valence-corrected chi connectivity index (χ2v) is 34.0. The molecule has 4 fully saturated rings. The first kappa shape index (κ1) is 87.2. The molecule has 0 amide bonds. The number of thiazole rings is 2. The van der Waals surface area contributed by atoms with Crippen LogP contribution in [0, 0.1) is 27.7 Å². The number of hydrogen-bond acceptors (Lipinski definition) is 26. The molecule has 32 nitrogen and oxygen atoms in total. The fraction of sp³-hybridized carbons (Fsp3) is 0.349. The van der Waals surface area contributed by atoms with Crippen LogP contribution in [0.4, 0.5) is 63.3 Å². The van der Waals surface area contributed by atoms with Gasteiger partial charge in [-0.1, -0.05) is 6.07 Å². The highest BCUT2D eigenvalue weighted by Crippen LogP contribution is 2.38. The van der Waals surface area contributed by atoms with Gasteiger partial charge < -0.3 is 19.6 Å². The van der Waals surface area contributed by atoms with Crippen LogP contribution in [0.2, 0.25) is 0 Å². The number of anilines is 4. The Morgan fingerprint density at radius 2 is 0.767 bits per heavy atom. The van der Waals surface area contributed by atoms with Gasteiger partial charge in [-0.15, -0.1) is 43.1 Å². The molecular weight excluding hydrogens is 1720 g/mol. The Kier molecular flexibility index (Phi) is 24.4. The van der Waals surface area contributed by atoms with Gasteiger partial charge in [-0.3, -0.25) is 47.9 Å². The first-order valence-corrected chi connectivity index (χ1v) is 42.9. The number of alkyl halides is 9. The highest BCUT2D eigenvalue weighted by Gasteiger charge is 2.36. The highest BCUT2D eigenvalue weighted by molar-refractivity contribution is 7.15. The van der Waals surface area contributed by atoms with Crippen LogP contribution in [-0.4, -0.2) is 218 Å². The number of pyridine rings is 6. The Morgan fingerprint density at radius 1 is 0.419 bits per heavy atom. The molecule has 16 aromatic heterocycles. The number of nitrogens with zero attached hydrogens (tertiary/aromatic N) is 28. The van der Waals surface area contributed by atoms with E-state index in [1.165, 1.54) is 21.8 Å². The molecular formula is C86H83F9N28O4S2. The number of ketones is 4. The van der Waals surface area contributed by atoms with Crippen LogP contribution in [0.3, 0.4) is 0 Å². The fourth-order valence-electron chi connectivity index (χ4n) is 16.0. The standard InChI is InChI=1S/C23H24FN7O.C22H22FN7O.C21H20F3N7OS.C20H17F4N7OS/c1-14-8-15(2)26-19(9-14)18-12-25-29(3)22(18)20(32)10-16-4-7-31-21(11-16)27-23(28-31)30-6-5-17(24)13-30;1-14-4-3-5-18(25-14)17-12-24-28(2)21(17)19(31)10-15-6-9-30-20(11-15)26-22(27-30)29-8-7-16(23)13-29;1-11-17(19(23)24)27-20(33-11)14-9-25-29(2)18(14)15(32)7-12-3-6-31-16(8-12)26-21(28-31)30-5-4-13(22)10-30;1-29-17(13(8-25-29)18-26-15(10-33-18)20(22,23)24)14(32)6-11-2-5-31-16(7-11)27-19(28-31)30-4-3-12(21)9-30/h4,7-9,11-12,17H,5-6,10,13H2,1-3H3;3-6,9,11-12,16H,7-8,10,13H2,1-2H3;3,6,8-9,13,19H,4-5,7,10H2,1-2H3;2,5,7-8,10,12H,3-4,6,9H2,1H3/t17-;16-;13-;12-/m0000/s1. The zero-order chi connectivity index (χ0) is 90.5. The number of carbonyl (C=O) groups excluding carboxylic acids is 4. The first-order valence-electron chi connectivity index (χ1n) is 41.2. The smallest absolute Gasteiger partial charge is 0.336 e. The van der Waals surface area contributed by atoms with Crippen LogP contribution in [0.15, 0.2) is 134 Å². The molecule has 4 atom stereocenters. The topological polar surface area (TPSA) is 325 Å². The highest BCUT2D eigenvalue weighted by atomic mass is 32.1. The summed E-state index contributed by atoms with van der Waals surface area (Å²) in [6.07, 6.45) is 4.77. The fourth-order valence-corrected chi connectivity index (χ4v) is 17.8. The van der Waals surface area contributed by atoms with Gasteiger partial charge in [-0.2, -0.15) is 53.5 Å². The van der Waals surface area contributed by atoms with Crippen molar-refractivity contribution in [2.75, 3.05) is 72.0 Å². The van der Waals surface area contributed by atoms with E-state index in [1.54, 1.807) is 134 Å². The minimum Gasteiger partial charge on any atom is -0.336 e. The van der Waals surface area contributed by atoms with Crippen molar-refractivity contribution < 1.29 is 58.7 Å². The van der Waals surface area contributed by atoms with Gasteiger partial charge >= 0.3 is 6.18 Å². The lowest BCUT2D eigenvalue weighted by molar-refractivity contribution is -0.140. The van der Waals surface area contributed by atoms with Crippen molar-refractivity contribution in [2.24, 2.45) is 28.2 Å². The van der Waals surface area contributed by atoms with Gasteiger partial charge in [0.15, 0.2) is 51.4 Å². The first-order chi connectivity index (χ1) is 61.8. The largest absolute Gasteiger partial charge is 0.434 e. The van der Waals surface area contributed by atoms with Gasteiger partial charge in [0.1, 0.15) is 63.2 Å². The maximum atomic E-state index is 13.5. The van der Waals surface area contributed by atoms with E-state index in [9.17, 15) is 58.7 Å². The summed E-state index contributed by atoms with van der Waals surface area (Å²) in [5.74, 6) is 1.27. The second kappa shape index (κ2) is 36.1. The van der Waals surface area contributed by atoms with Crippen molar-refractivity contribution in [3.05, 3.63) is 212 Å². The Hall–Kier alpha value is -13.9. The lowest BCUT2D eigenvalue weighted by atomic mass is 10.0. The van der Waals surface area contributed by atoms with E-state index in [-0.39, 0.29) is 83.9 Å². The number of rotatable bonds is 21. The predicted octanol–water partition coefficient (Wildman–Crippen LogP) is 13.3. The van der Waals surface area contributed by atoms with Gasteiger partial charge in [-0.25, -0.2) is 54.4 Å². The summed E-state index contributed by atoms with van der Waals surface area (Å²) < 4.78 is 132. The van der Waals surface area contributed by atoms with E-state index in [0.29, 0.717) is 155 Å². The maximum Gasteiger partial charge on any atom is 0.434 e. The molecule has 20 heterocycles. The third kappa shape index (κ3) is 19.0. The molecule has 43 heteroatoms. The van der Waals surface area contributed by atoms with E-state index in [2.05, 4.69) is 80.7 Å². The molecule has 4 saturated heterocycles. The van der Waals surface area contributed by atoms with E-state index >= 15 is 0 Å². The van der Waals surface area contributed by atoms with Crippen LogP contribution in [0.25, 0.3) is 66.2 Å². The Bertz CT molecular complexity index is 6900. The number of hydrogen-bond donors (Lipinski definition) is 0. The van der Waals surface area contributed by atoms with Crippen LogP contribution in [0.5, 0.6) is 0 Å². The number of aromatic nitrogens is 24. The van der Waals surface area contributed by atoms with Crippen LogP contribution in [-0.2, 0) is 60.1 Å². The second-order valence-electron chi connectivity index (χ2n) is 32.0. The average Bonchev–Trinajstić information content (AvgIpc) is 1.64. The lowest BCUT2D eigenvalue weighted by Gasteiger charge is -2.10. The molecule has 0 spiro atoms. The normalized spacial score (nSPS) is 16.4. The zero-order valence-corrected chi connectivity index (χ0v) is 72.4. The molecule has 4 aliphatic rings. The van der Waals surface area contributed by atoms with Gasteiger partial charge in [-0.05, 0) is 154 Å². The van der Waals surface area contributed by atoms with E-state index in [1.807, 2.05) is 85.2 Å². The Balaban J connectivity index is 0.000000121. The van der Waals surface area contributed by atoms with Crippen LogP contribution >= 0.6 is 22.7 Å². The van der Waals surface area contributed by atoms with Crippen molar-refractivity contribution in [3.8, 4) is 43.7 Å². The van der Waals surface area contributed by atoms with Crippen LogP contribution < -0.4 is 19.6 Å². The summed E-state index contributed by atoms with van der Waals surface area (Å²) in [5, 5.41) is 35.8. The summed E-state index contributed by atoms with van der Waals surface area (Å²) in [7, 11) is 6.71. The zero-order valence-electron chi connectivity index (χ0n) is 70.8. The molecule has 0 N–H and O–H groups in total. The van der Waals surface area contributed by atoms with E-state index in [0.717, 1.165) is 78.6 Å². The minimum atomic E-state index is -4.56. The Morgan fingerprint density at radius 3 is 1.09 bits per heavy atom. The maximum absolute atomic E-state index is 13.5. The summed E-state index contributed by atoms with van der Waals surface area (Å²) in [6.45, 7) is 10.9. The van der Waals surface area contributed by atoms with Crippen molar-refractivity contribution in [1.82, 2.24) is 117 Å². The lowest BCUT2D eigenvalue weighted by Crippen LogP contribution is -2.21. The summed E-state index contributed by atoms with van der Waals surface area (Å²) in [4.78, 5) is 95.2. The molecule has 129 heavy (non-hydrogen) atoms.